The van der Waals surface area contributed by atoms with E-state index in [1.165, 1.54) is 23.2 Å². The number of halogens is 3. The molecule has 6 rings (SSSR count). The number of benzene rings is 1. The number of unbranched alkanes of at least 4 members (excludes halogenated alkanes) is 1. The minimum atomic E-state index is -2.67. The highest BCUT2D eigenvalue weighted by Crippen LogP contribution is 2.43. The summed E-state index contributed by atoms with van der Waals surface area (Å²) in [5.41, 5.74) is 8.69. The number of hydrogen-bond donors (Lipinski definition) is 2. The third-order valence-electron chi connectivity index (χ3n) is 12.3. The molecule has 1 saturated carbocycles. The Bertz CT molecular complexity index is 1380. The number of aromatic nitrogens is 1. The van der Waals surface area contributed by atoms with Crippen LogP contribution in [0.2, 0.25) is 0 Å². The Morgan fingerprint density at radius 3 is 2.61 bits per heavy atom. The van der Waals surface area contributed by atoms with Crippen molar-refractivity contribution in [2.45, 2.75) is 87.8 Å². The molecule has 8 nitrogen and oxygen atoms in total. The second kappa shape index (κ2) is 18.1. The van der Waals surface area contributed by atoms with E-state index in [2.05, 4.69) is 79.0 Å². The van der Waals surface area contributed by atoms with Gasteiger partial charge in [-0.05, 0) is 81.6 Å². The summed E-state index contributed by atoms with van der Waals surface area (Å²) in [6, 6.07) is 15.6. The van der Waals surface area contributed by atoms with Crippen LogP contribution in [0.1, 0.15) is 80.7 Å². The molecule has 0 spiro atoms. The van der Waals surface area contributed by atoms with Gasteiger partial charge in [0.05, 0.1) is 30.5 Å². The normalized spacial score (nSPS) is 25.2. The number of rotatable bonds is 18. The molecule has 51 heavy (non-hydrogen) atoms. The number of nitrogens with one attached hydrogen (secondary N) is 1. The molecule has 3 atom stereocenters. The summed E-state index contributed by atoms with van der Waals surface area (Å²) in [6.45, 7) is 9.86. The first-order valence-electron chi connectivity index (χ1n) is 19.4. The molecule has 2 aliphatic heterocycles. The Balaban J connectivity index is 1.19. The fourth-order valence-electron chi connectivity index (χ4n) is 8.77. The quantitative estimate of drug-likeness (QED) is 0.0842. The SMILES string of the molecule is NCCCCN(C[C@H]1CN(CCC(CI)(NCC2(C=O)CCC(F)(F)CC2)c2ccccc2)CCN1CC1COC1)[C@H]1CCCc2cccnc21. The number of aryl methyl sites for hydroxylation is 1. The zero-order valence-electron chi connectivity index (χ0n) is 30.3. The number of carbonyl (C=O) groups is 1. The molecule has 2 aliphatic carbocycles. The predicted octanol–water partition coefficient (Wildman–Crippen LogP) is 5.84. The third kappa shape index (κ3) is 9.93. The van der Waals surface area contributed by atoms with Gasteiger partial charge in [-0.2, -0.15) is 0 Å². The highest BCUT2D eigenvalue weighted by Gasteiger charge is 2.45. The Morgan fingerprint density at radius 1 is 1.10 bits per heavy atom. The minimum Gasteiger partial charge on any atom is -0.381 e. The van der Waals surface area contributed by atoms with Crippen molar-refractivity contribution < 1.29 is 18.3 Å². The van der Waals surface area contributed by atoms with Crippen LogP contribution in [-0.2, 0) is 21.5 Å². The molecular formula is C40H59F2IN6O2. The highest BCUT2D eigenvalue weighted by atomic mass is 127. The van der Waals surface area contributed by atoms with E-state index in [0.717, 1.165) is 102 Å². The monoisotopic (exact) mass is 820 g/mol. The smallest absolute Gasteiger partial charge is 0.248 e. The van der Waals surface area contributed by atoms with Crippen LogP contribution in [0.25, 0.3) is 0 Å². The lowest BCUT2D eigenvalue weighted by Gasteiger charge is -2.47. The van der Waals surface area contributed by atoms with E-state index in [4.69, 9.17) is 15.5 Å². The molecule has 3 fully saturated rings. The van der Waals surface area contributed by atoms with Gasteiger partial charge in [0.25, 0.3) is 0 Å². The Kier molecular flexibility index (Phi) is 13.9. The lowest BCUT2D eigenvalue weighted by atomic mass is 9.73. The molecule has 3 N–H and O–H groups in total. The first kappa shape index (κ1) is 39.1. The molecule has 0 radical (unpaired) electrons. The predicted molar refractivity (Wildman–Crippen MR) is 207 cm³/mol. The van der Waals surface area contributed by atoms with Gasteiger partial charge < -0.3 is 25.5 Å². The number of piperazine rings is 1. The number of nitrogens with zero attached hydrogens (tertiary/aromatic N) is 4. The van der Waals surface area contributed by atoms with Crippen LogP contribution < -0.4 is 11.1 Å². The molecule has 1 unspecified atom stereocenters. The summed E-state index contributed by atoms with van der Waals surface area (Å²) < 4.78 is 34.7. The fraction of sp³-hybridized carbons (Fsp3) is 0.700. The van der Waals surface area contributed by atoms with Gasteiger partial charge in [0.15, 0.2) is 0 Å². The van der Waals surface area contributed by atoms with Crippen molar-refractivity contribution in [3.63, 3.8) is 0 Å². The van der Waals surface area contributed by atoms with Gasteiger partial charge in [0.1, 0.15) is 6.29 Å². The van der Waals surface area contributed by atoms with Gasteiger partial charge in [0.2, 0.25) is 5.92 Å². The third-order valence-corrected chi connectivity index (χ3v) is 13.6. The van der Waals surface area contributed by atoms with Gasteiger partial charge in [-0.1, -0.05) is 59.0 Å². The van der Waals surface area contributed by atoms with Crippen molar-refractivity contribution >= 4 is 28.9 Å². The second-order valence-corrected chi connectivity index (χ2v) is 16.6. The van der Waals surface area contributed by atoms with E-state index < -0.39 is 11.3 Å². The standard InChI is InChI=1S/C40H59F2IN6O2/c41-40(42)15-13-38(31-50,14-16-40)30-46-39(29-43,34-10-2-1-3-11-34)17-21-47-22-23-48(24-32-27-51-28-32)35(25-47)26-49(20-5-4-18-44)36-12-6-8-33-9-7-19-45-37(33)36/h1-3,7,9-11,19,31-32,35-36,46H,4-6,8,12-18,20-30,44H2/t35-,36+,39?/m1/s1. The Morgan fingerprint density at radius 2 is 1.90 bits per heavy atom. The van der Waals surface area contributed by atoms with Crippen LogP contribution in [0.15, 0.2) is 48.7 Å². The highest BCUT2D eigenvalue weighted by molar-refractivity contribution is 14.1. The van der Waals surface area contributed by atoms with E-state index in [1.807, 2.05) is 12.3 Å². The van der Waals surface area contributed by atoms with Crippen LogP contribution in [0.5, 0.6) is 0 Å². The summed E-state index contributed by atoms with van der Waals surface area (Å²) in [4.78, 5) is 25.5. The number of pyridine rings is 1. The fourth-order valence-corrected chi connectivity index (χ4v) is 9.86. The van der Waals surface area contributed by atoms with Crippen LogP contribution in [0.4, 0.5) is 8.78 Å². The Hall–Kier alpha value is -1.61. The molecular weight excluding hydrogens is 761 g/mol. The molecule has 2 aromatic rings. The number of nitrogens with two attached hydrogens (primary N) is 1. The van der Waals surface area contributed by atoms with Crippen molar-refractivity contribution in [1.82, 2.24) is 25.0 Å². The van der Waals surface area contributed by atoms with Crippen molar-refractivity contribution in [3.8, 4) is 0 Å². The first-order valence-corrected chi connectivity index (χ1v) is 20.9. The van der Waals surface area contributed by atoms with Crippen LogP contribution in [0.3, 0.4) is 0 Å². The van der Waals surface area contributed by atoms with E-state index in [-0.39, 0.29) is 31.2 Å². The van der Waals surface area contributed by atoms with Gasteiger partial charge in [-0.25, -0.2) is 8.78 Å². The van der Waals surface area contributed by atoms with Gasteiger partial charge >= 0.3 is 0 Å². The Labute approximate surface area is 317 Å². The minimum absolute atomic E-state index is 0.222. The molecule has 282 valence electrons. The van der Waals surface area contributed by atoms with E-state index in [9.17, 15) is 13.6 Å². The number of aldehydes is 1. The zero-order chi connectivity index (χ0) is 35.7. The van der Waals surface area contributed by atoms with Crippen LogP contribution in [0, 0.1) is 11.3 Å². The van der Waals surface area contributed by atoms with Crippen molar-refractivity contribution in [3.05, 3.63) is 65.5 Å². The van der Waals surface area contributed by atoms with Crippen molar-refractivity contribution in [2.24, 2.45) is 17.1 Å². The number of hydrogen-bond acceptors (Lipinski definition) is 8. The number of carbonyl (C=O) groups excluding carboxylic acids is 1. The molecule has 11 heteroatoms. The lowest BCUT2D eigenvalue weighted by Crippen LogP contribution is -2.60. The molecule has 0 amide bonds. The maximum absolute atomic E-state index is 14.1. The molecule has 4 aliphatic rings. The molecule has 2 saturated heterocycles. The van der Waals surface area contributed by atoms with Gasteiger partial charge in [-0.3, -0.25) is 14.8 Å². The summed E-state index contributed by atoms with van der Waals surface area (Å²) in [5, 5.41) is 3.84. The lowest BCUT2D eigenvalue weighted by molar-refractivity contribution is -0.124. The summed E-state index contributed by atoms with van der Waals surface area (Å²) in [7, 11) is 0. The van der Waals surface area contributed by atoms with E-state index in [0.29, 0.717) is 31.1 Å². The molecule has 1 aromatic carbocycles. The number of fused-ring (bicyclic) bond motifs is 1. The molecule has 3 heterocycles. The van der Waals surface area contributed by atoms with E-state index >= 15 is 0 Å². The van der Waals surface area contributed by atoms with Gasteiger partial charge in [0, 0.05) is 86.7 Å². The average molecular weight is 821 g/mol. The summed E-state index contributed by atoms with van der Waals surface area (Å²) in [6.07, 6.45) is 9.33. The van der Waals surface area contributed by atoms with Gasteiger partial charge in [-0.15, -0.1) is 0 Å². The number of alkyl halides is 3. The summed E-state index contributed by atoms with van der Waals surface area (Å²) in [5.74, 6) is -2.08. The van der Waals surface area contributed by atoms with E-state index in [1.54, 1.807) is 0 Å². The topological polar surface area (TPSA) is 87.0 Å². The molecule has 1 aromatic heterocycles. The largest absolute Gasteiger partial charge is 0.381 e. The maximum Gasteiger partial charge on any atom is 0.248 e. The first-order chi connectivity index (χ1) is 24.8. The van der Waals surface area contributed by atoms with Crippen LogP contribution >= 0.6 is 22.6 Å². The molecule has 0 bridgehead atoms. The zero-order valence-corrected chi connectivity index (χ0v) is 32.5. The summed E-state index contributed by atoms with van der Waals surface area (Å²) >= 11 is 2.47. The number of ether oxygens (including phenoxy) is 1. The average Bonchev–Trinajstić information content (AvgIpc) is 3.14. The maximum atomic E-state index is 14.1. The second-order valence-electron chi connectivity index (χ2n) is 15.8. The van der Waals surface area contributed by atoms with Crippen LogP contribution in [-0.4, -0.2) is 114 Å². The van der Waals surface area contributed by atoms with Crippen molar-refractivity contribution in [1.29, 1.82) is 0 Å². The van der Waals surface area contributed by atoms with Crippen molar-refractivity contribution in [2.75, 3.05) is 76.5 Å².